The van der Waals surface area contributed by atoms with Gasteiger partial charge in [0, 0.05) is 10.6 Å². The molecule has 0 radical (unpaired) electrons. The van der Waals surface area contributed by atoms with Crippen molar-refractivity contribution in [2.75, 3.05) is 0 Å². The molecule has 2 aromatic heterocycles. The zero-order valence-electron chi connectivity index (χ0n) is 7.93. The van der Waals surface area contributed by atoms with Crippen molar-refractivity contribution in [3.63, 3.8) is 0 Å². The number of aryl methyl sites for hydroxylation is 2. The fourth-order valence-electron chi connectivity index (χ4n) is 2.04. The molecule has 0 fully saturated rings. The molecule has 1 aliphatic carbocycles. The second-order valence-corrected chi connectivity index (χ2v) is 4.69. The number of hydrogen-bond acceptors (Lipinski definition) is 4. The molecule has 0 spiro atoms. The van der Waals surface area contributed by atoms with Crippen molar-refractivity contribution < 1.29 is 9.90 Å². The summed E-state index contributed by atoms with van der Waals surface area (Å²) in [6.07, 6.45) is 3.21. The van der Waals surface area contributed by atoms with Crippen LogP contribution in [-0.4, -0.2) is 25.7 Å². The Morgan fingerprint density at radius 3 is 3.13 bits per heavy atom. The highest BCUT2D eigenvalue weighted by Gasteiger charge is 2.22. The van der Waals surface area contributed by atoms with Crippen LogP contribution in [0, 0.1) is 0 Å². The number of carboxylic acid groups (broad SMARTS) is 1. The maximum Gasteiger partial charge on any atom is 0.311 e. The molecule has 15 heavy (non-hydrogen) atoms. The van der Waals surface area contributed by atoms with Crippen molar-refractivity contribution >= 4 is 22.3 Å². The predicted octanol–water partition coefficient (Wildman–Crippen LogP) is 0.907. The van der Waals surface area contributed by atoms with Crippen LogP contribution in [0.2, 0.25) is 0 Å². The van der Waals surface area contributed by atoms with Crippen molar-refractivity contribution in [3.05, 3.63) is 16.4 Å². The first-order valence-electron chi connectivity index (χ1n) is 4.82. The SMILES string of the molecule is O=C(O)Cc1nnc2sc3c(n12)CCC3. The number of aliphatic carboxylic acids is 1. The normalized spacial score (nSPS) is 14.7. The molecular weight excluding hydrogens is 214 g/mol. The maximum absolute atomic E-state index is 10.7. The molecule has 0 aliphatic heterocycles. The van der Waals surface area contributed by atoms with Gasteiger partial charge in [0.05, 0.1) is 0 Å². The Bertz CT molecular complexity index is 543. The Balaban J connectivity index is 2.18. The fourth-order valence-corrected chi connectivity index (χ4v) is 3.21. The molecule has 0 bridgehead atoms. The number of rotatable bonds is 2. The Kier molecular flexibility index (Phi) is 1.79. The number of carbonyl (C=O) groups is 1. The van der Waals surface area contributed by atoms with Crippen LogP contribution in [0.15, 0.2) is 0 Å². The zero-order chi connectivity index (χ0) is 10.4. The first-order valence-corrected chi connectivity index (χ1v) is 5.63. The monoisotopic (exact) mass is 223 g/mol. The lowest BCUT2D eigenvalue weighted by Gasteiger charge is -1.96. The summed E-state index contributed by atoms with van der Waals surface area (Å²) in [5.74, 6) is -0.306. The van der Waals surface area contributed by atoms with Gasteiger partial charge in [-0.05, 0) is 19.3 Å². The summed E-state index contributed by atoms with van der Waals surface area (Å²) in [7, 11) is 0. The molecule has 5 nitrogen and oxygen atoms in total. The van der Waals surface area contributed by atoms with Crippen LogP contribution in [0.25, 0.3) is 4.96 Å². The topological polar surface area (TPSA) is 67.5 Å². The van der Waals surface area contributed by atoms with E-state index in [-0.39, 0.29) is 6.42 Å². The summed E-state index contributed by atoms with van der Waals surface area (Å²) < 4.78 is 1.92. The smallest absolute Gasteiger partial charge is 0.311 e. The van der Waals surface area contributed by atoms with E-state index in [0.29, 0.717) is 5.82 Å². The first kappa shape index (κ1) is 8.84. The first-order chi connectivity index (χ1) is 7.25. The molecule has 0 saturated heterocycles. The zero-order valence-corrected chi connectivity index (χ0v) is 8.75. The minimum absolute atomic E-state index is 0.0513. The highest BCUT2D eigenvalue weighted by molar-refractivity contribution is 7.17. The number of aromatic nitrogens is 3. The third-order valence-corrected chi connectivity index (χ3v) is 3.77. The predicted molar refractivity (Wildman–Crippen MR) is 54.2 cm³/mol. The van der Waals surface area contributed by atoms with E-state index in [4.69, 9.17) is 5.11 Å². The van der Waals surface area contributed by atoms with E-state index in [2.05, 4.69) is 10.2 Å². The van der Waals surface area contributed by atoms with Crippen molar-refractivity contribution in [1.82, 2.24) is 14.6 Å². The molecule has 3 rings (SSSR count). The Labute approximate surface area is 89.4 Å². The van der Waals surface area contributed by atoms with Crippen molar-refractivity contribution in [1.29, 1.82) is 0 Å². The second kappa shape index (κ2) is 3.03. The van der Waals surface area contributed by atoms with Crippen LogP contribution in [0.5, 0.6) is 0 Å². The van der Waals surface area contributed by atoms with Crippen molar-refractivity contribution in [2.24, 2.45) is 0 Å². The van der Waals surface area contributed by atoms with Gasteiger partial charge in [-0.1, -0.05) is 11.3 Å². The Morgan fingerprint density at radius 1 is 1.47 bits per heavy atom. The van der Waals surface area contributed by atoms with Crippen LogP contribution >= 0.6 is 11.3 Å². The van der Waals surface area contributed by atoms with Crippen LogP contribution in [0.1, 0.15) is 22.8 Å². The molecule has 78 valence electrons. The van der Waals surface area contributed by atoms with Crippen LogP contribution in [0.4, 0.5) is 0 Å². The summed E-state index contributed by atoms with van der Waals surface area (Å²) >= 11 is 1.63. The highest BCUT2D eigenvalue weighted by Crippen LogP contribution is 2.30. The van der Waals surface area contributed by atoms with Gasteiger partial charge in [0.1, 0.15) is 12.2 Å². The van der Waals surface area contributed by atoms with Crippen LogP contribution in [0.3, 0.4) is 0 Å². The molecule has 0 saturated carbocycles. The van der Waals surface area contributed by atoms with Gasteiger partial charge in [0.25, 0.3) is 0 Å². The molecule has 0 atom stereocenters. The Hall–Kier alpha value is -1.43. The standard InChI is InChI=1S/C9H9N3O2S/c13-8(14)4-7-10-11-9-12(7)5-2-1-3-6(5)15-9/h1-4H2,(H,13,14). The van der Waals surface area contributed by atoms with E-state index >= 15 is 0 Å². The molecule has 1 N–H and O–H groups in total. The van der Waals surface area contributed by atoms with Gasteiger partial charge in [-0.3, -0.25) is 9.20 Å². The molecule has 2 aromatic rings. The summed E-state index contributed by atoms with van der Waals surface area (Å²) in [5, 5.41) is 16.7. The van der Waals surface area contributed by atoms with Gasteiger partial charge >= 0.3 is 5.97 Å². The van der Waals surface area contributed by atoms with E-state index < -0.39 is 5.97 Å². The van der Waals surface area contributed by atoms with Gasteiger partial charge in [-0.15, -0.1) is 10.2 Å². The quantitative estimate of drug-likeness (QED) is 0.821. The van der Waals surface area contributed by atoms with Gasteiger partial charge in [-0.25, -0.2) is 0 Å². The lowest BCUT2D eigenvalue weighted by molar-refractivity contribution is -0.136. The molecule has 2 heterocycles. The van der Waals surface area contributed by atoms with Crippen molar-refractivity contribution in [3.8, 4) is 0 Å². The van der Waals surface area contributed by atoms with Crippen LogP contribution < -0.4 is 0 Å². The van der Waals surface area contributed by atoms with E-state index in [1.165, 1.54) is 10.6 Å². The lowest BCUT2D eigenvalue weighted by Crippen LogP contribution is -2.05. The average Bonchev–Trinajstić information content (AvgIpc) is 2.75. The number of hydrogen-bond donors (Lipinski definition) is 1. The molecule has 0 amide bonds. The highest BCUT2D eigenvalue weighted by atomic mass is 32.1. The number of thiazole rings is 1. The maximum atomic E-state index is 10.7. The number of carboxylic acids is 1. The van der Waals surface area contributed by atoms with Gasteiger partial charge in [-0.2, -0.15) is 0 Å². The summed E-state index contributed by atoms with van der Waals surface area (Å²) in [4.78, 5) is 12.8. The second-order valence-electron chi connectivity index (χ2n) is 3.63. The lowest BCUT2D eigenvalue weighted by atomic mass is 10.3. The third-order valence-electron chi connectivity index (χ3n) is 2.63. The molecular formula is C9H9N3O2S. The van der Waals surface area contributed by atoms with Gasteiger partial charge in [0.15, 0.2) is 0 Å². The summed E-state index contributed by atoms with van der Waals surface area (Å²) in [6.45, 7) is 0. The minimum atomic E-state index is -0.859. The van der Waals surface area contributed by atoms with Crippen LogP contribution in [-0.2, 0) is 24.1 Å². The number of fused-ring (bicyclic) bond motifs is 3. The number of nitrogens with zero attached hydrogens (tertiary/aromatic N) is 3. The Morgan fingerprint density at radius 2 is 2.33 bits per heavy atom. The molecule has 0 unspecified atom stereocenters. The largest absolute Gasteiger partial charge is 0.481 e. The third kappa shape index (κ3) is 1.25. The molecule has 6 heteroatoms. The van der Waals surface area contributed by atoms with Gasteiger partial charge < -0.3 is 5.11 Å². The molecule has 1 aliphatic rings. The summed E-state index contributed by atoms with van der Waals surface area (Å²) in [6, 6.07) is 0. The van der Waals surface area contributed by atoms with E-state index in [1.54, 1.807) is 11.3 Å². The summed E-state index contributed by atoms with van der Waals surface area (Å²) in [5.41, 5.74) is 1.22. The fraction of sp³-hybridized carbons (Fsp3) is 0.444. The van der Waals surface area contributed by atoms with Crippen molar-refractivity contribution in [2.45, 2.75) is 25.7 Å². The average molecular weight is 223 g/mol. The van der Waals surface area contributed by atoms with E-state index in [9.17, 15) is 4.79 Å². The van der Waals surface area contributed by atoms with E-state index in [0.717, 1.165) is 24.2 Å². The minimum Gasteiger partial charge on any atom is -0.481 e. The van der Waals surface area contributed by atoms with Gasteiger partial charge in [0.2, 0.25) is 4.96 Å². The molecule has 0 aromatic carbocycles. The van der Waals surface area contributed by atoms with E-state index in [1.807, 2.05) is 4.40 Å².